The zero-order chi connectivity index (χ0) is 19.2. The zero-order valence-electron chi connectivity index (χ0n) is 15.9. The molecule has 0 aromatic heterocycles. The molecule has 0 saturated carbocycles. The molecule has 0 aliphatic carbocycles. The molecule has 4 nitrogen and oxygen atoms in total. The van der Waals surface area contributed by atoms with Crippen molar-refractivity contribution in [2.45, 2.75) is 45.3 Å². The second-order valence-corrected chi connectivity index (χ2v) is 6.80. The molecule has 0 spiro atoms. The molecular formula is C22H28O4. The van der Waals surface area contributed by atoms with Crippen LogP contribution in [0.5, 0.6) is 5.75 Å². The molecule has 2 unspecified atom stereocenters. The van der Waals surface area contributed by atoms with Gasteiger partial charge in [0.2, 0.25) is 0 Å². The lowest BCUT2D eigenvalue weighted by molar-refractivity contribution is -0.154. The van der Waals surface area contributed by atoms with Gasteiger partial charge < -0.3 is 14.6 Å². The van der Waals surface area contributed by atoms with Crippen LogP contribution in [-0.2, 0) is 21.6 Å². The van der Waals surface area contributed by atoms with Crippen molar-refractivity contribution < 1.29 is 19.4 Å². The first-order valence-electron chi connectivity index (χ1n) is 8.99. The number of benzene rings is 2. The Morgan fingerprint density at radius 3 is 2.19 bits per heavy atom. The highest BCUT2D eigenvalue weighted by molar-refractivity contribution is 5.84. The lowest BCUT2D eigenvalue weighted by atomic mass is 9.70. The molecule has 0 aliphatic heterocycles. The smallest absolute Gasteiger partial charge is 0.318 e. The van der Waals surface area contributed by atoms with E-state index in [0.717, 1.165) is 11.1 Å². The van der Waals surface area contributed by atoms with Gasteiger partial charge in [0.05, 0.1) is 13.2 Å². The average Bonchev–Trinajstić information content (AvgIpc) is 2.68. The molecule has 2 atom stereocenters. The van der Waals surface area contributed by atoms with E-state index < -0.39 is 17.5 Å². The maximum Gasteiger partial charge on any atom is 0.318 e. The zero-order valence-corrected chi connectivity index (χ0v) is 15.9. The lowest BCUT2D eigenvalue weighted by Crippen LogP contribution is -2.49. The molecular weight excluding hydrogens is 328 g/mol. The normalized spacial score (nSPS) is 14.5. The van der Waals surface area contributed by atoms with Crippen LogP contribution in [0.4, 0.5) is 0 Å². The van der Waals surface area contributed by atoms with Crippen molar-refractivity contribution in [2.75, 3.05) is 7.11 Å². The largest absolute Gasteiger partial charge is 0.489 e. The molecule has 0 bridgehead atoms. The fraction of sp³-hybridized carbons (Fsp3) is 0.409. The number of aliphatic hydroxyl groups excluding tert-OH is 1. The number of aliphatic hydroxyl groups is 1. The number of ether oxygens (including phenoxy) is 2. The number of hydrogen-bond acceptors (Lipinski definition) is 4. The van der Waals surface area contributed by atoms with Crippen molar-refractivity contribution >= 4 is 5.97 Å². The summed E-state index contributed by atoms with van der Waals surface area (Å²) in [6.45, 7) is 6.16. The maximum absolute atomic E-state index is 12.6. The van der Waals surface area contributed by atoms with Crippen molar-refractivity contribution in [2.24, 2.45) is 5.92 Å². The SMILES string of the molecule is CCC(C(=O)OC)(c1ccc(OCc2ccccc2)cc1)C(O)C(C)C. The highest BCUT2D eigenvalue weighted by Crippen LogP contribution is 2.37. The predicted octanol–water partition coefficient (Wildman–Crippen LogP) is 4.10. The van der Waals surface area contributed by atoms with E-state index in [1.165, 1.54) is 7.11 Å². The van der Waals surface area contributed by atoms with Crippen molar-refractivity contribution in [3.8, 4) is 5.75 Å². The van der Waals surface area contributed by atoms with Crippen molar-refractivity contribution in [1.29, 1.82) is 0 Å². The third kappa shape index (κ3) is 4.07. The second-order valence-electron chi connectivity index (χ2n) is 6.80. The van der Waals surface area contributed by atoms with Gasteiger partial charge in [-0.05, 0) is 35.6 Å². The number of rotatable bonds is 8. The summed E-state index contributed by atoms with van der Waals surface area (Å²) in [4.78, 5) is 12.6. The van der Waals surface area contributed by atoms with Gasteiger partial charge in [0.25, 0.3) is 0 Å². The van der Waals surface area contributed by atoms with Crippen molar-refractivity contribution in [3.63, 3.8) is 0 Å². The van der Waals surface area contributed by atoms with Crippen LogP contribution in [0.1, 0.15) is 38.3 Å². The van der Waals surface area contributed by atoms with Crippen LogP contribution in [0.25, 0.3) is 0 Å². The van der Waals surface area contributed by atoms with Gasteiger partial charge in [-0.1, -0.05) is 63.2 Å². The van der Waals surface area contributed by atoms with Gasteiger partial charge in [-0.3, -0.25) is 4.79 Å². The summed E-state index contributed by atoms with van der Waals surface area (Å²) in [6.07, 6.45) is -0.389. The maximum atomic E-state index is 12.6. The molecule has 2 aromatic carbocycles. The van der Waals surface area contributed by atoms with E-state index >= 15 is 0 Å². The summed E-state index contributed by atoms with van der Waals surface area (Å²) in [5, 5.41) is 10.8. The molecule has 1 N–H and O–H groups in total. The molecule has 2 rings (SSSR count). The minimum absolute atomic E-state index is 0.0805. The predicted molar refractivity (Wildman–Crippen MR) is 102 cm³/mol. The molecule has 4 heteroatoms. The topological polar surface area (TPSA) is 55.8 Å². The minimum atomic E-state index is -1.08. The molecule has 0 saturated heterocycles. The molecule has 0 amide bonds. The first-order valence-corrected chi connectivity index (χ1v) is 8.99. The Morgan fingerprint density at radius 2 is 1.69 bits per heavy atom. The molecule has 2 aromatic rings. The number of methoxy groups -OCH3 is 1. The summed E-state index contributed by atoms with van der Waals surface area (Å²) < 4.78 is 10.8. The second kappa shape index (κ2) is 8.86. The van der Waals surface area contributed by atoms with Crippen molar-refractivity contribution in [1.82, 2.24) is 0 Å². The van der Waals surface area contributed by atoms with E-state index in [4.69, 9.17) is 9.47 Å². The van der Waals surface area contributed by atoms with E-state index in [1.54, 1.807) is 0 Å². The van der Waals surface area contributed by atoms with Gasteiger partial charge in [-0.25, -0.2) is 0 Å². The highest BCUT2D eigenvalue weighted by atomic mass is 16.5. The van der Waals surface area contributed by atoms with Crippen LogP contribution in [0, 0.1) is 5.92 Å². The number of carbonyl (C=O) groups excluding carboxylic acids is 1. The Balaban J connectivity index is 2.25. The Morgan fingerprint density at radius 1 is 1.08 bits per heavy atom. The summed E-state index contributed by atoms with van der Waals surface area (Å²) >= 11 is 0. The first kappa shape index (κ1) is 20.0. The third-order valence-electron chi connectivity index (χ3n) is 4.86. The molecule has 0 aliphatic rings. The van der Waals surface area contributed by atoms with Gasteiger partial charge >= 0.3 is 5.97 Å². The molecule has 140 valence electrons. The van der Waals surface area contributed by atoms with Gasteiger partial charge in [0.1, 0.15) is 17.8 Å². The fourth-order valence-corrected chi connectivity index (χ4v) is 3.31. The van der Waals surface area contributed by atoms with E-state index in [-0.39, 0.29) is 5.92 Å². The summed E-state index contributed by atoms with van der Waals surface area (Å²) in [5.41, 5.74) is 0.741. The van der Waals surface area contributed by atoms with E-state index in [2.05, 4.69) is 0 Å². The van der Waals surface area contributed by atoms with Gasteiger partial charge in [0.15, 0.2) is 0 Å². The Hall–Kier alpha value is -2.33. The Labute approximate surface area is 155 Å². The summed E-state index contributed by atoms with van der Waals surface area (Å²) in [5.74, 6) is 0.216. The van der Waals surface area contributed by atoms with Crippen LogP contribution >= 0.6 is 0 Å². The molecule has 0 heterocycles. The van der Waals surface area contributed by atoms with Crippen LogP contribution in [0.15, 0.2) is 54.6 Å². The Bertz CT molecular complexity index is 694. The molecule has 26 heavy (non-hydrogen) atoms. The number of carbonyl (C=O) groups is 1. The average molecular weight is 356 g/mol. The molecule has 0 fully saturated rings. The van der Waals surface area contributed by atoms with Gasteiger partial charge in [-0.2, -0.15) is 0 Å². The van der Waals surface area contributed by atoms with Crippen LogP contribution in [-0.4, -0.2) is 24.3 Å². The number of esters is 1. The van der Waals surface area contributed by atoms with Crippen LogP contribution in [0.2, 0.25) is 0 Å². The van der Waals surface area contributed by atoms with Crippen molar-refractivity contribution in [3.05, 3.63) is 65.7 Å². The highest BCUT2D eigenvalue weighted by Gasteiger charge is 2.47. The number of hydrogen-bond donors (Lipinski definition) is 1. The van der Waals surface area contributed by atoms with Gasteiger partial charge in [-0.15, -0.1) is 0 Å². The molecule has 0 radical (unpaired) electrons. The lowest BCUT2D eigenvalue weighted by Gasteiger charge is -2.37. The van der Waals surface area contributed by atoms with Gasteiger partial charge in [0, 0.05) is 0 Å². The third-order valence-corrected chi connectivity index (χ3v) is 4.86. The monoisotopic (exact) mass is 356 g/mol. The van der Waals surface area contributed by atoms with Crippen LogP contribution in [0.3, 0.4) is 0 Å². The minimum Gasteiger partial charge on any atom is -0.489 e. The van der Waals surface area contributed by atoms with Crippen LogP contribution < -0.4 is 4.74 Å². The fourth-order valence-electron chi connectivity index (χ4n) is 3.31. The van der Waals surface area contributed by atoms with E-state index in [9.17, 15) is 9.90 Å². The van der Waals surface area contributed by atoms with E-state index in [1.807, 2.05) is 75.4 Å². The quantitative estimate of drug-likeness (QED) is 0.724. The first-order chi connectivity index (χ1) is 12.5. The summed E-state index contributed by atoms with van der Waals surface area (Å²) in [6, 6.07) is 17.3. The van der Waals surface area contributed by atoms with E-state index in [0.29, 0.717) is 18.8 Å². The Kier molecular flexibility index (Phi) is 6.81. The standard InChI is InChI=1S/C22H28O4/c1-5-22(21(24)25-4,20(23)16(2)3)18-11-13-19(14-12-18)26-15-17-9-7-6-8-10-17/h6-14,16,20,23H,5,15H2,1-4H3. The summed E-state index contributed by atoms with van der Waals surface area (Å²) in [7, 11) is 1.36.